The van der Waals surface area contributed by atoms with Gasteiger partial charge in [0.2, 0.25) is 12.0 Å². The highest BCUT2D eigenvalue weighted by Gasteiger charge is 2.28. The van der Waals surface area contributed by atoms with Crippen LogP contribution in [0.2, 0.25) is 0 Å². The van der Waals surface area contributed by atoms with Crippen LogP contribution in [0.15, 0.2) is 101 Å². The van der Waals surface area contributed by atoms with Crippen LogP contribution in [-0.2, 0) is 17.8 Å². The fraction of sp³-hybridized carbons (Fsp3) is 0.138. The average molecular weight is 478 g/mol. The molecule has 0 fully saturated rings. The predicted octanol–water partition coefficient (Wildman–Crippen LogP) is 6.19. The van der Waals surface area contributed by atoms with Crippen LogP contribution < -0.4 is 9.47 Å². The van der Waals surface area contributed by atoms with E-state index in [-0.39, 0.29) is 18.2 Å². The molecule has 1 N–H and O–H groups in total. The van der Waals surface area contributed by atoms with Crippen LogP contribution in [-0.4, -0.2) is 28.3 Å². The Morgan fingerprint density at radius 3 is 2.42 bits per heavy atom. The van der Waals surface area contributed by atoms with Crippen LogP contribution in [0.25, 0.3) is 21.7 Å². The van der Waals surface area contributed by atoms with Crippen LogP contribution in [0.1, 0.15) is 5.56 Å². The van der Waals surface area contributed by atoms with Crippen LogP contribution in [0.4, 0.5) is 5.69 Å². The minimum Gasteiger partial charge on any atom is -0.493 e. The van der Waals surface area contributed by atoms with Crippen molar-refractivity contribution in [3.63, 3.8) is 0 Å². The van der Waals surface area contributed by atoms with Crippen molar-refractivity contribution < 1.29 is 19.4 Å². The van der Waals surface area contributed by atoms with Gasteiger partial charge in [-0.15, -0.1) is 10.2 Å². The Kier molecular flexibility index (Phi) is 5.58. The highest BCUT2D eigenvalue weighted by molar-refractivity contribution is 5.95. The summed E-state index contributed by atoms with van der Waals surface area (Å²) in [4.78, 5) is 12.9. The molecule has 7 heteroatoms. The second-order valence-electron chi connectivity index (χ2n) is 8.68. The van der Waals surface area contributed by atoms with E-state index in [0.29, 0.717) is 18.0 Å². The van der Waals surface area contributed by atoms with Crippen LogP contribution in [0.5, 0.6) is 17.4 Å². The molecule has 1 aromatic heterocycles. The van der Waals surface area contributed by atoms with E-state index in [1.54, 1.807) is 4.57 Å². The quantitative estimate of drug-likeness (QED) is 0.306. The normalized spacial score (nSPS) is 15.1. The second kappa shape index (κ2) is 9.19. The van der Waals surface area contributed by atoms with Gasteiger partial charge >= 0.3 is 5.91 Å². The maximum Gasteiger partial charge on any atom is 0.308 e. The van der Waals surface area contributed by atoms with E-state index < -0.39 is 12.0 Å². The summed E-state index contributed by atoms with van der Waals surface area (Å²) in [6.45, 7) is 0.595. The summed E-state index contributed by atoms with van der Waals surface area (Å²) in [6.07, 6.45) is -0.180. The van der Waals surface area contributed by atoms with Gasteiger partial charge in [-0.3, -0.25) is 4.79 Å². The number of nitrogens with zero attached hydrogens (tertiary/aromatic N) is 3. The van der Waals surface area contributed by atoms with E-state index in [4.69, 9.17) is 9.47 Å². The summed E-state index contributed by atoms with van der Waals surface area (Å²) in [6, 6.07) is 29.2. The van der Waals surface area contributed by atoms with E-state index in [9.17, 15) is 9.90 Å². The fourth-order valence-electron chi connectivity index (χ4n) is 4.52. The zero-order valence-electron chi connectivity index (χ0n) is 19.4. The number of para-hydroxylation sites is 1. The molecule has 0 spiro atoms. The highest BCUT2D eigenvalue weighted by Crippen LogP contribution is 2.39. The molecule has 2 heterocycles. The fourth-order valence-corrected chi connectivity index (χ4v) is 4.52. The summed E-state index contributed by atoms with van der Waals surface area (Å²) in [5, 5.41) is 21.8. The first-order valence-electron chi connectivity index (χ1n) is 11.8. The molecule has 1 aliphatic heterocycles. The standard InChI is InChI=1S/C29H23N3O4/c33-28(26-18-35-24-16-20-10-4-5-11-21(20)17-25(24)36-26)31-30-27-22-12-6-7-13-23(22)32(29(27)34)15-14-19-8-2-1-3-9-19/h1-13,16-17,26,34H,14-15,18H2/t26-/m1/s1. The first-order valence-corrected chi connectivity index (χ1v) is 11.8. The van der Waals surface area contributed by atoms with Gasteiger partial charge in [0.25, 0.3) is 0 Å². The molecule has 178 valence electrons. The molecule has 4 aromatic carbocycles. The molecular weight excluding hydrogens is 454 g/mol. The summed E-state index contributed by atoms with van der Waals surface area (Å²) < 4.78 is 13.5. The van der Waals surface area contributed by atoms with Crippen molar-refractivity contribution in [1.29, 1.82) is 0 Å². The lowest BCUT2D eigenvalue weighted by Gasteiger charge is -2.24. The minimum atomic E-state index is -0.920. The van der Waals surface area contributed by atoms with E-state index in [1.165, 1.54) is 0 Å². The van der Waals surface area contributed by atoms with Gasteiger partial charge in [0, 0.05) is 11.9 Å². The number of benzene rings is 4. The molecule has 7 nitrogen and oxygen atoms in total. The number of aromatic nitrogens is 1. The van der Waals surface area contributed by atoms with Gasteiger partial charge < -0.3 is 19.1 Å². The van der Waals surface area contributed by atoms with Crippen molar-refractivity contribution in [2.45, 2.75) is 19.1 Å². The number of carbonyl (C=O) groups excluding carboxylic acids is 1. The number of hydrogen-bond acceptors (Lipinski definition) is 5. The summed E-state index contributed by atoms with van der Waals surface area (Å²) in [5.74, 6) is 0.485. The molecule has 36 heavy (non-hydrogen) atoms. The van der Waals surface area contributed by atoms with Crippen molar-refractivity contribution >= 4 is 33.3 Å². The maximum absolute atomic E-state index is 12.9. The number of amides is 1. The summed E-state index contributed by atoms with van der Waals surface area (Å²) in [5.41, 5.74) is 2.25. The molecule has 0 unspecified atom stereocenters. The Bertz CT molecular complexity index is 1610. The van der Waals surface area contributed by atoms with E-state index in [1.807, 2.05) is 78.9 Å². The van der Waals surface area contributed by atoms with Crippen LogP contribution in [0, 0.1) is 0 Å². The maximum atomic E-state index is 12.9. The van der Waals surface area contributed by atoms with Gasteiger partial charge in [0.15, 0.2) is 17.2 Å². The Morgan fingerprint density at radius 1 is 0.917 bits per heavy atom. The van der Waals surface area contributed by atoms with E-state index in [0.717, 1.165) is 33.7 Å². The number of aromatic hydroxyl groups is 1. The number of fused-ring (bicyclic) bond motifs is 3. The van der Waals surface area contributed by atoms with Crippen molar-refractivity contribution in [2.24, 2.45) is 10.2 Å². The lowest BCUT2D eigenvalue weighted by molar-refractivity contribution is -0.127. The molecule has 1 atom stereocenters. The third-order valence-electron chi connectivity index (χ3n) is 6.38. The third-order valence-corrected chi connectivity index (χ3v) is 6.38. The number of rotatable bonds is 5. The van der Waals surface area contributed by atoms with E-state index in [2.05, 4.69) is 22.4 Å². The Hall–Kier alpha value is -4.65. The number of aryl methyl sites for hydroxylation is 2. The first kappa shape index (κ1) is 21.9. The zero-order chi connectivity index (χ0) is 24.5. The molecule has 1 amide bonds. The average Bonchev–Trinajstić information content (AvgIpc) is 3.19. The number of hydrogen-bond donors (Lipinski definition) is 1. The summed E-state index contributed by atoms with van der Waals surface area (Å²) >= 11 is 0. The molecule has 5 aromatic rings. The first-order chi connectivity index (χ1) is 17.7. The SMILES string of the molecule is O=C(N=Nc1c(O)n(CCc2ccccc2)c2ccccc12)[C@H]1COc2cc3ccccc3cc2O1. The van der Waals surface area contributed by atoms with Crippen molar-refractivity contribution in [1.82, 2.24) is 4.57 Å². The third kappa shape index (κ3) is 4.05. The molecule has 0 saturated heterocycles. The minimum absolute atomic E-state index is 0.0266. The van der Waals surface area contributed by atoms with Crippen LogP contribution >= 0.6 is 0 Å². The molecule has 6 rings (SSSR count). The highest BCUT2D eigenvalue weighted by atomic mass is 16.6. The monoisotopic (exact) mass is 477 g/mol. The smallest absolute Gasteiger partial charge is 0.308 e. The molecule has 1 aliphatic rings. The van der Waals surface area contributed by atoms with Gasteiger partial charge in [-0.25, -0.2) is 0 Å². The molecule has 0 bridgehead atoms. The largest absolute Gasteiger partial charge is 0.493 e. The number of ether oxygens (including phenoxy) is 2. The summed E-state index contributed by atoms with van der Waals surface area (Å²) in [7, 11) is 0. The van der Waals surface area contributed by atoms with Gasteiger partial charge in [-0.05, 0) is 41.0 Å². The lowest BCUT2D eigenvalue weighted by atomic mass is 10.1. The molecular formula is C29H23N3O4. The topological polar surface area (TPSA) is 85.4 Å². The van der Waals surface area contributed by atoms with Crippen LogP contribution in [0.3, 0.4) is 0 Å². The molecule has 0 saturated carbocycles. The molecule has 0 aliphatic carbocycles. The van der Waals surface area contributed by atoms with Crippen molar-refractivity contribution in [3.8, 4) is 17.4 Å². The molecule has 0 radical (unpaired) electrons. The Morgan fingerprint density at radius 2 is 1.61 bits per heavy atom. The van der Waals surface area contributed by atoms with Crippen molar-refractivity contribution in [3.05, 3.63) is 96.6 Å². The van der Waals surface area contributed by atoms with Gasteiger partial charge in [0.05, 0.1) is 5.52 Å². The number of carbonyl (C=O) groups is 1. The Labute approximate surface area is 207 Å². The lowest BCUT2D eigenvalue weighted by Crippen LogP contribution is -2.35. The van der Waals surface area contributed by atoms with E-state index >= 15 is 0 Å². The van der Waals surface area contributed by atoms with Gasteiger partial charge in [-0.2, -0.15) is 0 Å². The Balaban J connectivity index is 1.24. The second-order valence-corrected chi connectivity index (χ2v) is 8.68. The predicted molar refractivity (Wildman–Crippen MR) is 137 cm³/mol. The number of azo groups is 1. The van der Waals surface area contributed by atoms with Crippen molar-refractivity contribution in [2.75, 3.05) is 6.61 Å². The van der Waals surface area contributed by atoms with Gasteiger partial charge in [-0.1, -0.05) is 72.8 Å². The van der Waals surface area contributed by atoms with Gasteiger partial charge in [0.1, 0.15) is 6.61 Å². The zero-order valence-corrected chi connectivity index (χ0v) is 19.4.